The van der Waals surface area contributed by atoms with Crippen LogP contribution in [-0.2, 0) is 27.8 Å². The largest absolute Gasteiger partial charge is 0.302 e. The lowest BCUT2D eigenvalue weighted by Gasteiger charge is -2.25. The van der Waals surface area contributed by atoms with Crippen LogP contribution in [0.15, 0.2) is 29.2 Å². The molecule has 0 saturated heterocycles. The van der Waals surface area contributed by atoms with E-state index in [2.05, 4.69) is 10.3 Å². The SMILES string of the molecule is CC(=O)Nc1nc2c(s1)CN(S(=O)(=O)c1cccc(Cl)c1)CC2. The molecular formula is C14H14ClN3O3S2. The van der Waals surface area contributed by atoms with Crippen molar-refractivity contribution < 1.29 is 13.2 Å². The fourth-order valence-corrected chi connectivity index (χ4v) is 5.22. The van der Waals surface area contributed by atoms with Crippen LogP contribution >= 0.6 is 22.9 Å². The van der Waals surface area contributed by atoms with Crippen LogP contribution in [0.1, 0.15) is 17.5 Å². The first-order valence-electron chi connectivity index (χ1n) is 6.88. The molecule has 0 unspecified atom stereocenters. The molecule has 1 N–H and O–H groups in total. The number of nitrogens with zero attached hydrogens (tertiary/aromatic N) is 2. The van der Waals surface area contributed by atoms with Crippen molar-refractivity contribution in [2.24, 2.45) is 0 Å². The Morgan fingerprint density at radius 2 is 2.22 bits per heavy atom. The molecule has 2 heterocycles. The number of halogens is 1. The fourth-order valence-electron chi connectivity index (χ4n) is 2.36. The second-order valence-electron chi connectivity index (χ2n) is 5.12. The van der Waals surface area contributed by atoms with Gasteiger partial charge in [-0.3, -0.25) is 4.79 Å². The zero-order valence-corrected chi connectivity index (χ0v) is 14.6. The van der Waals surface area contributed by atoms with E-state index in [1.807, 2.05) is 0 Å². The van der Waals surface area contributed by atoms with E-state index in [0.717, 1.165) is 10.6 Å². The summed E-state index contributed by atoms with van der Waals surface area (Å²) in [6.45, 7) is 2.02. The second-order valence-corrected chi connectivity index (χ2v) is 8.57. The lowest BCUT2D eigenvalue weighted by molar-refractivity contribution is -0.114. The van der Waals surface area contributed by atoms with Crippen LogP contribution < -0.4 is 5.32 Å². The second kappa shape index (κ2) is 6.20. The van der Waals surface area contributed by atoms with Gasteiger partial charge < -0.3 is 5.32 Å². The molecular weight excluding hydrogens is 358 g/mol. The van der Waals surface area contributed by atoms with E-state index >= 15 is 0 Å². The summed E-state index contributed by atoms with van der Waals surface area (Å²) in [5.74, 6) is -0.195. The van der Waals surface area contributed by atoms with Gasteiger partial charge in [-0.15, -0.1) is 11.3 Å². The maximum Gasteiger partial charge on any atom is 0.243 e. The summed E-state index contributed by atoms with van der Waals surface area (Å²) in [4.78, 5) is 16.5. The Morgan fingerprint density at radius 3 is 2.91 bits per heavy atom. The number of anilines is 1. The molecule has 1 aromatic heterocycles. The van der Waals surface area contributed by atoms with Crippen molar-refractivity contribution in [2.45, 2.75) is 24.8 Å². The number of hydrogen-bond donors (Lipinski definition) is 1. The monoisotopic (exact) mass is 371 g/mol. The maximum atomic E-state index is 12.7. The lowest BCUT2D eigenvalue weighted by atomic mass is 10.2. The highest BCUT2D eigenvalue weighted by Gasteiger charge is 2.30. The van der Waals surface area contributed by atoms with E-state index in [4.69, 9.17) is 11.6 Å². The first-order chi connectivity index (χ1) is 10.9. The number of sulfonamides is 1. The topological polar surface area (TPSA) is 79.4 Å². The Morgan fingerprint density at radius 1 is 1.43 bits per heavy atom. The zero-order chi connectivity index (χ0) is 16.6. The van der Waals surface area contributed by atoms with Crippen molar-refractivity contribution in [1.29, 1.82) is 0 Å². The highest BCUT2D eigenvalue weighted by molar-refractivity contribution is 7.89. The minimum Gasteiger partial charge on any atom is -0.302 e. The third kappa shape index (κ3) is 3.40. The Labute approximate surface area is 143 Å². The Hall–Kier alpha value is -1.48. The number of rotatable bonds is 3. The van der Waals surface area contributed by atoms with Crippen LogP contribution in [0.5, 0.6) is 0 Å². The van der Waals surface area contributed by atoms with Crippen molar-refractivity contribution in [1.82, 2.24) is 9.29 Å². The molecule has 0 bridgehead atoms. The van der Waals surface area contributed by atoms with Crippen molar-refractivity contribution in [3.8, 4) is 0 Å². The number of fused-ring (bicyclic) bond motifs is 1. The van der Waals surface area contributed by atoms with Gasteiger partial charge in [-0.2, -0.15) is 4.31 Å². The maximum absolute atomic E-state index is 12.7. The van der Waals surface area contributed by atoms with Crippen molar-refractivity contribution >= 4 is 44.0 Å². The minimum atomic E-state index is -3.60. The predicted octanol–water partition coefficient (Wildman–Crippen LogP) is 2.50. The molecule has 1 amide bonds. The summed E-state index contributed by atoms with van der Waals surface area (Å²) in [7, 11) is -3.60. The molecule has 1 aliphatic rings. The van der Waals surface area contributed by atoms with E-state index in [-0.39, 0.29) is 17.3 Å². The van der Waals surface area contributed by atoms with E-state index in [1.165, 1.54) is 34.7 Å². The quantitative estimate of drug-likeness (QED) is 0.899. The van der Waals surface area contributed by atoms with Gasteiger partial charge in [0, 0.05) is 29.8 Å². The van der Waals surface area contributed by atoms with Gasteiger partial charge in [-0.05, 0) is 18.2 Å². The fraction of sp³-hybridized carbons (Fsp3) is 0.286. The molecule has 3 rings (SSSR count). The predicted molar refractivity (Wildman–Crippen MR) is 89.2 cm³/mol. The first-order valence-corrected chi connectivity index (χ1v) is 9.51. The smallest absolute Gasteiger partial charge is 0.243 e. The molecule has 0 radical (unpaired) electrons. The third-order valence-corrected chi connectivity index (χ3v) is 6.49. The van der Waals surface area contributed by atoms with Crippen LogP contribution in [0, 0.1) is 0 Å². The molecule has 0 spiro atoms. The van der Waals surface area contributed by atoms with Gasteiger partial charge in [0.2, 0.25) is 15.9 Å². The van der Waals surface area contributed by atoms with Gasteiger partial charge in [-0.25, -0.2) is 13.4 Å². The van der Waals surface area contributed by atoms with Gasteiger partial charge in [-0.1, -0.05) is 17.7 Å². The number of benzene rings is 1. The highest BCUT2D eigenvalue weighted by Crippen LogP contribution is 2.31. The van der Waals surface area contributed by atoms with E-state index in [1.54, 1.807) is 12.1 Å². The number of aromatic nitrogens is 1. The number of thiazole rings is 1. The van der Waals surface area contributed by atoms with Gasteiger partial charge in [0.25, 0.3) is 0 Å². The van der Waals surface area contributed by atoms with Gasteiger partial charge in [0.05, 0.1) is 17.1 Å². The Balaban J connectivity index is 1.86. The van der Waals surface area contributed by atoms with E-state index in [0.29, 0.717) is 23.1 Å². The standard InChI is InChI=1S/C14H14ClN3O3S2/c1-9(19)16-14-17-12-5-6-18(8-13(12)22-14)23(20,21)11-4-2-3-10(15)7-11/h2-4,7H,5-6,8H2,1H3,(H,16,17,19). The molecule has 122 valence electrons. The summed E-state index contributed by atoms with van der Waals surface area (Å²) in [6, 6.07) is 6.23. The average Bonchev–Trinajstić information content (AvgIpc) is 2.87. The molecule has 23 heavy (non-hydrogen) atoms. The summed E-state index contributed by atoms with van der Waals surface area (Å²) < 4.78 is 26.8. The molecule has 0 saturated carbocycles. The first kappa shape index (κ1) is 16.4. The lowest BCUT2D eigenvalue weighted by Crippen LogP contribution is -2.35. The van der Waals surface area contributed by atoms with Crippen molar-refractivity contribution in [3.05, 3.63) is 39.9 Å². The highest BCUT2D eigenvalue weighted by atomic mass is 35.5. The number of nitrogens with one attached hydrogen (secondary N) is 1. The summed E-state index contributed by atoms with van der Waals surface area (Å²) >= 11 is 7.20. The number of carbonyl (C=O) groups excluding carboxylic acids is 1. The number of carbonyl (C=O) groups is 1. The third-order valence-electron chi connectivity index (χ3n) is 3.41. The van der Waals surface area contributed by atoms with Gasteiger partial charge in [0.1, 0.15) is 0 Å². The van der Waals surface area contributed by atoms with Crippen molar-refractivity contribution in [2.75, 3.05) is 11.9 Å². The molecule has 0 fully saturated rings. The normalized spacial score (nSPS) is 15.2. The van der Waals surface area contributed by atoms with Crippen LogP contribution in [0.25, 0.3) is 0 Å². The molecule has 0 aliphatic carbocycles. The summed E-state index contributed by atoms with van der Waals surface area (Å²) in [5, 5.41) is 3.53. The Bertz CT molecular complexity index is 864. The minimum absolute atomic E-state index is 0.181. The van der Waals surface area contributed by atoms with Crippen LogP contribution in [-0.4, -0.2) is 30.2 Å². The zero-order valence-electron chi connectivity index (χ0n) is 12.2. The number of hydrogen-bond acceptors (Lipinski definition) is 5. The van der Waals surface area contributed by atoms with Crippen LogP contribution in [0.4, 0.5) is 5.13 Å². The van der Waals surface area contributed by atoms with Crippen molar-refractivity contribution in [3.63, 3.8) is 0 Å². The summed E-state index contributed by atoms with van der Waals surface area (Å²) in [6.07, 6.45) is 0.519. The molecule has 1 aromatic carbocycles. The molecule has 6 nitrogen and oxygen atoms in total. The van der Waals surface area contributed by atoms with E-state index in [9.17, 15) is 13.2 Å². The van der Waals surface area contributed by atoms with Gasteiger partial charge in [0.15, 0.2) is 5.13 Å². The van der Waals surface area contributed by atoms with E-state index < -0.39 is 10.0 Å². The molecule has 1 aliphatic heterocycles. The van der Waals surface area contributed by atoms with Gasteiger partial charge >= 0.3 is 0 Å². The molecule has 2 aromatic rings. The summed E-state index contributed by atoms with van der Waals surface area (Å²) in [5.41, 5.74) is 0.844. The Kier molecular flexibility index (Phi) is 4.41. The average molecular weight is 372 g/mol. The van der Waals surface area contributed by atoms with Crippen LogP contribution in [0.2, 0.25) is 5.02 Å². The van der Waals surface area contributed by atoms with Crippen LogP contribution in [0.3, 0.4) is 0 Å². The molecule has 9 heteroatoms. The molecule has 0 atom stereocenters. The number of amides is 1.